The average molecular weight is 363 g/mol. The molecule has 0 aromatic heterocycles. The standard InChI is InChI=1S/C18H16ClFN2O3/c1-25-11-5-6-15-12(7-11)13(8-16(23)22-15)18(24)21-9-10-3-2-4-14(19)17(10)20/h2-7,13H,8-9H2,1H3,(H,21,24)(H,22,23). The second-order valence-electron chi connectivity index (χ2n) is 5.69. The largest absolute Gasteiger partial charge is 0.497 e. The number of benzene rings is 2. The van der Waals surface area contributed by atoms with Crippen LogP contribution in [0.2, 0.25) is 5.02 Å². The molecule has 2 aromatic rings. The first-order valence-electron chi connectivity index (χ1n) is 7.68. The molecule has 2 amide bonds. The average Bonchev–Trinajstić information content (AvgIpc) is 2.61. The number of hydrogen-bond donors (Lipinski definition) is 2. The molecule has 1 atom stereocenters. The number of methoxy groups -OCH3 is 1. The van der Waals surface area contributed by atoms with Gasteiger partial charge in [-0.25, -0.2) is 4.39 Å². The van der Waals surface area contributed by atoms with Crippen LogP contribution in [0.4, 0.5) is 10.1 Å². The highest BCUT2D eigenvalue weighted by Gasteiger charge is 2.31. The number of carbonyl (C=O) groups is 2. The van der Waals surface area contributed by atoms with Crippen molar-refractivity contribution in [2.24, 2.45) is 0 Å². The van der Waals surface area contributed by atoms with E-state index in [0.717, 1.165) is 0 Å². The summed E-state index contributed by atoms with van der Waals surface area (Å²) in [6, 6.07) is 9.73. The summed E-state index contributed by atoms with van der Waals surface area (Å²) in [5.41, 5.74) is 1.53. The highest BCUT2D eigenvalue weighted by atomic mass is 35.5. The lowest BCUT2D eigenvalue weighted by molar-refractivity contribution is -0.126. The summed E-state index contributed by atoms with van der Waals surface area (Å²) in [6.07, 6.45) is 0.0179. The van der Waals surface area contributed by atoms with E-state index in [2.05, 4.69) is 10.6 Å². The zero-order valence-corrected chi connectivity index (χ0v) is 14.2. The third kappa shape index (κ3) is 3.58. The first-order chi connectivity index (χ1) is 12.0. The van der Waals surface area contributed by atoms with Gasteiger partial charge in [-0.1, -0.05) is 23.7 Å². The Labute approximate surface area is 149 Å². The molecule has 7 heteroatoms. The Hall–Kier alpha value is -2.60. The zero-order valence-electron chi connectivity index (χ0n) is 13.4. The van der Waals surface area contributed by atoms with E-state index in [9.17, 15) is 14.0 Å². The van der Waals surface area contributed by atoms with Gasteiger partial charge in [0.2, 0.25) is 11.8 Å². The molecule has 5 nitrogen and oxygen atoms in total. The van der Waals surface area contributed by atoms with Crippen molar-refractivity contribution in [1.29, 1.82) is 0 Å². The summed E-state index contributed by atoms with van der Waals surface area (Å²) in [4.78, 5) is 24.5. The number of halogens is 2. The van der Waals surface area contributed by atoms with Gasteiger partial charge in [-0.05, 0) is 29.8 Å². The van der Waals surface area contributed by atoms with Crippen molar-refractivity contribution in [2.45, 2.75) is 18.9 Å². The van der Waals surface area contributed by atoms with Crippen LogP contribution < -0.4 is 15.4 Å². The Balaban J connectivity index is 1.80. The van der Waals surface area contributed by atoms with Crippen molar-refractivity contribution >= 4 is 29.1 Å². The third-order valence-electron chi connectivity index (χ3n) is 4.10. The second kappa shape index (κ2) is 7.11. The van der Waals surface area contributed by atoms with Gasteiger partial charge in [-0.2, -0.15) is 0 Å². The van der Waals surface area contributed by atoms with Gasteiger partial charge in [-0.15, -0.1) is 0 Å². The molecule has 1 aliphatic rings. The Morgan fingerprint density at radius 3 is 2.96 bits per heavy atom. The summed E-state index contributed by atoms with van der Waals surface area (Å²) in [5.74, 6) is -1.24. The molecule has 25 heavy (non-hydrogen) atoms. The van der Waals surface area contributed by atoms with Crippen LogP contribution in [0.3, 0.4) is 0 Å². The number of hydrogen-bond acceptors (Lipinski definition) is 3. The molecule has 0 spiro atoms. The van der Waals surface area contributed by atoms with Crippen LogP contribution in [0.15, 0.2) is 36.4 Å². The number of ether oxygens (including phenoxy) is 1. The van der Waals surface area contributed by atoms with Crippen LogP contribution >= 0.6 is 11.6 Å². The Bertz CT molecular complexity index is 841. The maximum absolute atomic E-state index is 13.9. The number of rotatable bonds is 4. The summed E-state index contributed by atoms with van der Waals surface area (Å²) in [5, 5.41) is 5.41. The summed E-state index contributed by atoms with van der Waals surface area (Å²) in [7, 11) is 1.53. The number of fused-ring (bicyclic) bond motifs is 1. The fourth-order valence-corrected chi connectivity index (χ4v) is 2.99. The van der Waals surface area contributed by atoms with Crippen molar-refractivity contribution in [3.8, 4) is 5.75 Å². The van der Waals surface area contributed by atoms with Gasteiger partial charge in [-0.3, -0.25) is 9.59 Å². The van der Waals surface area contributed by atoms with E-state index in [4.69, 9.17) is 16.3 Å². The molecule has 1 aliphatic heterocycles. The third-order valence-corrected chi connectivity index (χ3v) is 4.39. The Morgan fingerprint density at radius 1 is 1.40 bits per heavy atom. The molecule has 0 saturated carbocycles. The molecule has 2 aromatic carbocycles. The highest BCUT2D eigenvalue weighted by molar-refractivity contribution is 6.30. The maximum Gasteiger partial charge on any atom is 0.228 e. The predicted octanol–water partition coefficient (Wildman–Crippen LogP) is 3.23. The van der Waals surface area contributed by atoms with Crippen LogP contribution in [0.25, 0.3) is 0 Å². The predicted molar refractivity (Wildman–Crippen MR) is 92.2 cm³/mol. The van der Waals surface area contributed by atoms with Crippen molar-refractivity contribution < 1.29 is 18.7 Å². The van der Waals surface area contributed by atoms with E-state index in [-0.39, 0.29) is 35.4 Å². The number of carbonyl (C=O) groups excluding carboxylic acids is 2. The van der Waals surface area contributed by atoms with Crippen LogP contribution in [-0.4, -0.2) is 18.9 Å². The lowest BCUT2D eigenvalue weighted by Crippen LogP contribution is -2.34. The minimum Gasteiger partial charge on any atom is -0.497 e. The van der Waals surface area contributed by atoms with Crippen LogP contribution in [0, 0.1) is 5.82 Å². The van der Waals surface area contributed by atoms with Crippen LogP contribution in [-0.2, 0) is 16.1 Å². The Kier molecular flexibility index (Phi) is 4.90. The monoisotopic (exact) mass is 362 g/mol. The molecule has 2 N–H and O–H groups in total. The first-order valence-corrected chi connectivity index (χ1v) is 8.05. The number of nitrogens with one attached hydrogen (secondary N) is 2. The molecule has 130 valence electrons. The number of amides is 2. The summed E-state index contributed by atoms with van der Waals surface area (Å²) >= 11 is 5.74. The van der Waals surface area contributed by atoms with Gasteiger partial charge < -0.3 is 15.4 Å². The van der Waals surface area contributed by atoms with E-state index in [1.165, 1.54) is 13.2 Å². The highest BCUT2D eigenvalue weighted by Crippen LogP contribution is 2.35. The number of anilines is 1. The molecular formula is C18H16ClFN2O3. The molecule has 0 fully saturated rings. The molecule has 3 rings (SSSR count). The molecule has 1 unspecified atom stereocenters. The lowest BCUT2D eigenvalue weighted by Gasteiger charge is -2.25. The fourth-order valence-electron chi connectivity index (χ4n) is 2.79. The van der Waals surface area contributed by atoms with Crippen molar-refractivity contribution in [3.05, 3.63) is 58.4 Å². The summed E-state index contributed by atoms with van der Waals surface area (Å²) in [6.45, 7) is -0.0113. The minimum absolute atomic E-state index is 0.00104. The van der Waals surface area contributed by atoms with Gasteiger partial charge in [0.15, 0.2) is 0 Å². The van der Waals surface area contributed by atoms with Gasteiger partial charge in [0.1, 0.15) is 11.6 Å². The van der Waals surface area contributed by atoms with E-state index >= 15 is 0 Å². The SMILES string of the molecule is COc1ccc2c(c1)C(C(=O)NCc1cccc(Cl)c1F)CC(=O)N2. The van der Waals surface area contributed by atoms with Gasteiger partial charge in [0.05, 0.1) is 18.1 Å². The maximum atomic E-state index is 13.9. The molecule has 0 aliphatic carbocycles. The van der Waals surface area contributed by atoms with E-state index < -0.39 is 11.7 Å². The van der Waals surface area contributed by atoms with Crippen LogP contribution in [0.5, 0.6) is 5.75 Å². The van der Waals surface area contributed by atoms with Gasteiger partial charge in [0.25, 0.3) is 0 Å². The smallest absolute Gasteiger partial charge is 0.228 e. The van der Waals surface area contributed by atoms with Crippen molar-refractivity contribution in [1.82, 2.24) is 5.32 Å². The normalized spacial score (nSPS) is 16.0. The molecule has 0 radical (unpaired) electrons. The quantitative estimate of drug-likeness (QED) is 0.877. The molecule has 1 heterocycles. The van der Waals surface area contributed by atoms with E-state index in [0.29, 0.717) is 17.0 Å². The van der Waals surface area contributed by atoms with E-state index in [1.807, 2.05) is 0 Å². The van der Waals surface area contributed by atoms with Gasteiger partial charge >= 0.3 is 0 Å². The zero-order chi connectivity index (χ0) is 18.0. The second-order valence-corrected chi connectivity index (χ2v) is 6.10. The van der Waals surface area contributed by atoms with Gasteiger partial charge in [0, 0.05) is 24.2 Å². The Morgan fingerprint density at radius 2 is 2.20 bits per heavy atom. The lowest BCUT2D eigenvalue weighted by atomic mass is 9.89. The van der Waals surface area contributed by atoms with Crippen molar-refractivity contribution in [2.75, 3.05) is 12.4 Å². The topological polar surface area (TPSA) is 67.4 Å². The minimum atomic E-state index is -0.666. The molecule has 0 saturated heterocycles. The molecular weight excluding hydrogens is 347 g/mol. The van der Waals surface area contributed by atoms with E-state index in [1.54, 1.807) is 30.3 Å². The summed E-state index contributed by atoms with van der Waals surface area (Å²) < 4.78 is 19.1. The molecule has 0 bridgehead atoms. The van der Waals surface area contributed by atoms with Crippen molar-refractivity contribution in [3.63, 3.8) is 0 Å². The van der Waals surface area contributed by atoms with Crippen LogP contribution in [0.1, 0.15) is 23.5 Å². The fraction of sp³-hybridized carbons (Fsp3) is 0.222. The first kappa shape index (κ1) is 17.2.